The number of para-hydroxylation sites is 1. The van der Waals surface area contributed by atoms with E-state index in [0.29, 0.717) is 31.3 Å². The van der Waals surface area contributed by atoms with Crippen LogP contribution in [-0.2, 0) is 9.59 Å². The summed E-state index contributed by atoms with van der Waals surface area (Å²) < 4.78 is 5.56. The fraction of sp³-hybridized carbons (Fsp3) is 0.600. The third kappa shape index (κ3) is 4.75. The fourth-order valence-electron chi connectivity index (χ4n) is 3.81. The van der Waals surface area contributed by atoms with Crippen molar-refractivity contribution in [2.24, 2.45) is 17.6 Å². The predicted octanol–water partition coefficient (Wildman–Crippen LogP) is 1.50. The Morgan fingerprint density at radius 1 is 1.04 bits per heavy atom. The Morgan fingerprint density at radius 2 is 1.77 bits per heavy atom. The zero-order valence-corrected chi connectivity index (χ0v) is 15.3. The summed E-state index contributed by atoms with van der Waals surface area (Å²) in [4.78, 5) is 29.0. The van der Waals surface area contributed by atoms with Crippen molar-refractivity contribution in [1.29, 1.82) is 0 Å². The van der Waals surface area contributed by atoms with Gasteiger partial charge in [0.25, 0.3) is 5.91 Å². The first-order chi connectivity index (χ1) is 12.7. The van der Waals surface area contributed by atoms with Gasteiger partial charge in [0.1, 0.15) is 5.75 Å². The highest BCUT2D eigenvalue weighted by atomic mass is 16.5. The van der Waals surface area contributed by atoms with Crippen LogP contribution in [0.2, 0.25) is 0 Å². The maximum absolute atomic E-state index is 12.8. The molecule has 2 heterocycles. The zero-order chi connectivity index (χ0) is 18.4. The van der Waals surface area contributed by atoms with Gasteiger partial charge in [-0.25, -0.2) is 0 Å². The zero-order valence-electron chi connectivity index (χ0n) is 15.3. The Hall–Kier alpha value is -2.08. The van der Waals surface area contributed by atoms with Crippen molar-refractivity contribution >= 4 is 11.8 Å². The summed E-state index contributed by atoms with van der Waals surface area (Å²) >= 11 is 0. The second kappa shape index (κ2) is 9.03. The summed E-state index contributed by atoms with van der Waals surface area (Å²) in [5.41, 5.74) is 5.73. The van der Waals surface area contributed by atoms with E-state index in [1.165, 1.54) is 0 Å². The van der Waals surface area contributed by atoms with Gasteiger partial charge < -0.3 is 20.3 Å². The van der Waals surface area contributed by atoms with Crippen molar-refractivity contribution in [3.8, 4) is 5.75 Å². The molecule has 6 nitrogen and oxygen atoms in total. The van der Waals surface area contributed by atoms with E-state index >= 15 is 0 Å². The number of likely N-dealkylation sites (tertiary alicyclic amines) is 2. The predicted molar refractivity (Wildman–Crippen MR) is 99.6 cm³/mol. The highest BCUT2D eigenvalue weighted by Crippen LogP contribution is 2.23. The molecular weight excluding hydrogens is 330 g/mol. The van der Waals surface area contributed by atoms with Crippen LogP contribution in [0.4, 0.5) is 0 Å². The maximum atomic E-state index is 12.8. The summed E-state index contributed by atoms with van der Waals surface area (Å²) in [6.07, 6.45) is 3.71. The molecular formula is C20H29N3O3. The third-order valence-electron chi connectivity index (χ3n) is 5.49. The van der Waals surface area contributed by atoms with Crippen LogP contribution in [0.25, 0.3) is 0 Å². The first kappa shape index (κ1) is 18.7. The van der Waals surface area contributed by atoms with Crippen LogP contribution in [0.15, 0.2) is 30.3 Å². The van der Waals surface area contributed by atoms with Crippen molar-refractivity contribution in [2.75, 3.05) is 39.3 Å². The normalized spacial score (nSPS) is 21.5. The molecule has 1 atom stereocenters. The molecule has 2 aliphatic heterocycles. The van der Waals surface area contributed by atoms with E-state index in [9.17, 15) is 9.59 Å². The van der Waals surface area contributed by atoms with Gasteiger partial charge in [0, 0.05) is 26.2 Å². The van der Waals surface area contributed by atoms with Gasteiger partial charge in [-0.15, -0.1) is 0 Å². The number of hydrogen-bond acceptors (Lipinski definition) is 4. The summed E-state index contributed by atoms with van der Waals surface area (Å²) in [6, 6.07) is 9.33. The summed E-state index contributed by atoms with van der Waals surface area (Å²) in [6.45, 7) is 3.52. The van der Waals surface area contributed by atoms with Crippen molar-refractivity contribution in [1.82, 2.24) is 9.80 Å². The quantitative estimate of drug-likeness (QED) is 0.864. The van der Waals surface area contributed by atoms with Crippen molar-refractivity contribution < 1.29 is 14.3 Å². The van der Waals surface area contributed by atoms with Crippen LogP contribution < -0.4 is 10.5 Å². The second-order valence-electron chi connectivity index (χ2n) is 7.28. The van der Waals surface area contributed by atoms with E-state index in [1.807, 2.05) is 35.2 Å². The second-order valence-corrected chi connectivity index (χ2v) is 7.28. The SMILES string of the molecule is NCC1CCN(C(=O)C2CCCN(C(=O)COc3ccccc3)C2)CC1. The molecule has 26 heavy (non-hydrogen) atoms. The highest BCUT2D eigenvalue weighted by Gasteiger charge is 2.32. The molecule has 0 aromatic heterocycles. The highest BCUT2D eigenvalue weighted by molar-refractivity contribution is 5.82. The average molecular weight is 359 g/mol. The number of carbonyl (C=O) groups is 2. The van der Waals surface area contributed by atoms with Crippen molar-refractivity contribution in [3.63, 3.8) is 0 Å². The molecule has 0 saturated carbocycles. The molecule has 2 N–H and O–H groups in total. The Morgan fingerprint density at radius 3 is 2.46 bits per heavy atom. The van der Waals surface area contributed by atoms with Gasteiger partial charge in [-0.1, -0.05) is 18.2 Å². The van der Waals surface area contributed by atoms with Gasteiger partial charge >= 0.3 is 0 Å². The number of hydrogen-bond donors (Lipinski definition) is 1. The van der Waals surface area contributed by atoms with E-state index < -0.39 is 0 Å². The Labute approximate surface area is 155 Å². The van der Waals surface area contributed by atoms with Crippen LogP contribution in [-0.4, -0.2) is 60.9 Å². The van der Waals surface area contributed by atoms with Gasteiger partial charge in [-0.3, -0.25) is 9.59 Å². The van der Waals surface area contributed by atoms with Crippen molar-refractivity contribution in [3.05, 3.63) is 30.3 Å². The third-order valence-corrected chi connectivity index (χ3v) is 5.49. The molecule has 1 aromatic rings. The lowest BCUT2D eigenvalue weighted by molar-refractivity contribution is -0.142. The molecule has 2 amide bonds. The Bertz CT molecular complexity index is 600. The minimum atomic E-state index is -0.0844. The molecule has 142 valence electrons. The minimum absolute atomic E-state index is 0.0207. The molecule has 2 aliphatic rings. The molecule has 6 heteroatoms. The molecule has 0 spiro atoms. The number of carbonyl (C=O) groups excluding carboxylic acids is 2. The number of piperidine rings is 2. The van der Waals surface area contributed by atoms with Gasteiger partial charge in [-0.05, 0) is 50.3 Å². The molecule has 2 fully saturated rings. The molecule has 2 saturated heterocycles. The molecule has 0 radical (unpaired) electrons. The summed E-state index contributed by atoms with van der Waals surface area (Å²) in [5, 5.41) is 0. The van der Waals surface area contributed by atoms with E-state index in [1.54, 1.807) is 4.90 Å². The summed E-state index contributed by atoms with van der Waals surface area (Å²) in [5.74, 6) is 1.29. The number of nitrogens with zero attached hydrogens (tertiary/aromatic N) is 2. The largest absolute Gasteiger partial charge is 0.484 e. The lowest BCUT2D eigenvalue weighted by Crippen LogP contribution is -2.49. The van der Waals surface area contributed by atoms with Crippen LogP contribution in [0.5, 0.6) is 5.75 Å². The van der Waals surface area contributed by atoms with E-state index in [4.69, 9.17) is 10.5 Å². The number of amides is 2. The van der Waals surface area contributed by atoms with E-state index in [-0.39, 0.29) is 24.3 Å². The first-order valence-electron chi connectivity index (χ1n) is 9.62. The van der Waals surface area contributed by atoms with Gasteiger partial charge in [0.2, 0.25) is 5.91 Å². The Balaban J connectivity index is 1.48. The molecule has 0 aliphatic carbocycles. The molecule has 1 unspecified atom stereocenters. The van der Waals surface area contributed by atoms with Crippen LogP contribution in [0, 0.1) is 11.8 Å². The number of benzene rings is 1. The average Bonchev–Trinajstić information content (AvgIpc) is 2.72. The lowest BCUT2D eigenvalue weighted by atomic mass is 9.93. The standard InChI is InChI=1S/C20H29N3O3/c21-13-16-8-11-22(12-9-16)20(25)17-5-4-10-23(14-17)19(24)15-26-18-6-2-1-3-7-18/h1-3,6-7,16-17H,4-5,8-15,21H2. The van der Waals surface area contributed by atoms with E-state index in [0.717, 1.165) is 38.8 Å². The van der Waals surface area contributed by atoms with Gasteiger partial charge in [0.15, 0.2) is 6.61 Å². The van der Waals surface area contributed by atoms with Crippen LogP contribution >= 0.6 is 0 Å². The lowest BCUT2D eigenvalue weighted by Gasteiger charge is -2.37. The van der Waals surface area contributed by atoms with Crippen LogP contribution in [0.1, 0.15) is 25.7 Å². The molecule has 3 rings (SSSR count). The minimum Gasteiger partial charge on any atom is -0.484 e. The molecule has 0 bridgehead atoms. The van der Waals surface area contributed by atoms with Crippen molar-refractivity contribution in [2.45, 2.75) is 25.7 Å². The van der Waals surface area contributed by atoms with Crippen LogP contribution in [0.3, 0.4) is 0 Å². The number of ether oxygens (including phenoxy) is 1. The summed E-state index contributed by atoms with van der Waals surface area (Å²) in [7, 11) is 0. The monoisotopic (exact) mass is 359 g/mol. The molecule has 1 aromatic carbocycles. The first-order valence-corrected chi connectivity index (χ1v) is 9.62. The number of rotatable bonds is 5. The van der Waals surface area contributed by atoms with E-state index in [2.05, 4.69) is 0 Å². The maximum Gasteiger partial charge on any atom is 0.260 e. The Kier molecular flexibility index (Phi) is 6.50. The van der Waals surface area contributed by atoms with Gasteiger partial charge in [-0.2, -0.15) is 0 Å². The fourth-order valence-corrected chi connectivity index (χ4v) is 3.81. The smallest absolute Gasteiger partial charge is 0.260 e. The topological polar surface area (TPSA) is 75.9 Å². The van der Waals surface area contributed by atoms with Gasteiger partial charge in [0.05, 0.1) is 5.92 Å². The number of nitrogens with two attached hydrogens (primary N) is 1.